The second-order valence-electron chi connectivity index (χ2n) is 9.81. The largest absolute Gasteiger partial charge is 0.497 e. The summed E-state index contributed by atoms with van der Waals surface area (Å²) in [6.45, 7) is 6.72. The number of carbonyl (C=O) groups is 3. The number of benzene rings is 3. The van der Waals surface area contributed by atoms with Crippen molar-refractivity contribution in [2.45, 2.75) is 39.5 Å². The molecule has 1 heterocycles. The first-order valence-electron chi connectivity index (χ1n) is 12.6. The molecule has 4 rings (SSSR count). The van der Waals surface area contributed by atoms with Gasteiger partial charge in [0.2, 0.25) is 5.91 Å². The molecule has 3 aromatic rings. The molecule has 0 radical (unpaired) electrons. The van der Waals surface area contributed by atoms with E-state index < -0.39 is 18.2 Å². The Morgan fingerprint density at radius 2 is 1.74 bits per heavy atom. The molecule has 1 aliphatic heterocycles. The predicted octanol–water partition coefficient (Wildman–Crippen LogP) is 5.09. The van der Waals surface area contributed by atoms with Crippen LogP contribution in [0, 0.1) is 12.8 Å². The van der Waals surface area contributed by atoms with Gasteiger partial charge in [0.1, 0.15) is 5.75 Å². The van der Waals surface area contributed by atoms with Crippen molar-refractivity contribution < 1.29 is 23.9 Å². The SMILES string of the molecule is COc1ccc(C(=O)Nc2cccc([C@@H]3OC(=O)N(Cc4ccc(C)cc4)[C@H]3C(=O)NCC(C)C)c2)cc1. The summed E-state index contributed by atoms with van der Waals surface area (Å²) < 4.78 is 10.9. The molecule has 8 nitrogen and oxygen atoms in total. The number of nitrogens with zero attached hydrogens (tertiary/aromatic N) is 1. The van der Waals surface area contributed by atoms with E-state index in [2.05, 4.69) is 10.6 Å². The van der Waals surface area contributed by atoms with Crippen LogP contribution in [0.1, 0.15) is 47.0 Å². The van der Waals surface area contributed by atoms with E-state index in [1.807, 2.05) is 45.0 Å². The number of hydrogen-bond acceptors (Lipinski definition) is 5. The fourth-order valence-electron chi connectivity index (χ4n) is 4.25. The van der Waals surface area contributed by atoms with Crippen molar-refractivity contribution in [1.82, 2.24) is 10.2 Å². The summed E-state index contributed by atoms with van der Waals surface area (Å²) in [6, 6.07) is 20.8. The lowest BCUT2D eigenvalue weighted by Gasteiger charge is -2.25. The molecule has 0 saturated carbocycles. The van der Waals surface area contributed by atoms with Crippen LogP contribution in [0.4, 0.5) is 10.5 Å². The van der Waals surface area contributed by atoms with Gasteiger partial charge >= 0.3 is 6.09 Å². The molecular formula is C30H33N3O5. The van der Waals surface area contributed by atoms with Crippen LogP contribution in [0.25, 0.3) is 0 Å². The first kappa shape index (κ1) is 26.7. The van der Waals surface area contributed by atoms with E-state index >= 15 is 0 Å². The Bertz CT molecular complexity index is 1290. The smallest absolute Gasteiger partial charge is 0.411 e. The fraction of sp³-hybridized carbons (Fsp3) is 0.300. The maximum absolute atomic E-state index is 13.4. The van der Waals surface area contributed by atoms with Crippen LogP contribution in [-0.4, -0.2) is 42.5 Å². The van der Waals surface area contributed by atoms with Crippen molar-refractivity contribution in [3.8, 4) is 5.75 Å². The Morgan fingerprint density at radius 3 is 2.39 bits per heavy atom. The summed E-state index contributed by atoms with van der Waals surface area (Å²) in [5, 5.41) is 5.83. The zero-order valence-corrected chi connectivity index (χ0v) is 22.1. The average Bonchev–Trinajstić information content (AvgIpc) is 3.24. The molecule has 1 aliphatic rings. The molecule has 0 spiro atoms. The summed E-state index contributed by atoms with van der Waals surface area (Å²) in [5.74, 6) is 0.329. The Hall–Kier alpha value is -4.33. The van der Waals surface area contributed by atoms with Crippen LogP contribution < -0.4 is 15.4 Å². The van der Waals surface area contributed by atoms with Crippen molar-refractivity contribution in [3.05, 3.63) is 95.1 Å². The number of rotatable bonds is 9. The third kappa shape index (κ3) is 6.32. The summed E-state index contributed by atoms with van der Waals surface area (Å²) in [7, 11) is 1.56. The third-order valence-corrected chi connectivity index (χ3v) is 6.34. The van der Waals surface area contributed by atoms with Gasteiger partial charge in [-0.2, -0.15) is 0 Å². The van der Waals surface area contributed by atoms with Crippen molar-refractivity contribution >= 4 is 23.6 Å². The average molecular weight is 516 g/mol. The van der Waals surface area contributed by atoms with E-state index in [4.69, 9.17) is 9.47 Å². The molecule has 0 aliphatic carbocycles. The highest BCUT2D eigenvalue weighted by Crippen LogP contribution is 2.35. The summed E-state index contributed by atoms with van der Waals surface area (Å²) in [4.78, 5) is 40.7. The highest BCUT2D eigenvalue weighted by Gasteiger charge is 2.47. The van der Waals surface area contributed by atoms with Crippen LogP contribution in [-0.2, 0) is 16.1 Å². The summed E-state index contributed by atoms with van der Waals surface area (Å²) in [5.41, 5.74) is 3.61. The number of hydrogen-bond donors (Lipinski definition) is 2. The van der Waals surface area contributed by atoms with E-state index in [-0.39, 0.29) is 24.3 Å². The fourth-order valence-corrected chi connectivity index (χ4v) is 4.25. The molecule has 0 bridgehead atoms. The van der Waals surface area contributed by atoms with E-state index in [1.54, 1.807) is 55.6 Å². The molecule has 1 saturated heterocycles. The van der Waals surface area contributed by atoms with Crippen LogP contribution in [0.15, 0.2) is 72.8 Å². The maximum Gasteiger partial charge on any atom is 0.411 e. The third-order valence-electron chi connectivity index (χ3n) is 6.34. The van der Waals surface area contributed by atoms with Gasteiger partial charge in [-0.1, -0.05) is 55.8 Å². The lowest BCUT2D eigenvalue weighted by Crippen LogP contribution is -2.47. The number of cyclic esters (lactones) is 1. The number of ether oxygens (including phenoxy) is 2. The summed E-state index contributed by atoms with van der Waals surface area (Å²) in [6.07, 6.45) is -1.40. The Morgan fingerprint density at radius 1 is 1.03 bits per heavy atom. The number of carbonyl (C=O) groups excluding carboxylic acids is 3. The van der Waals surface area contributed by atoms with Gasteiger partial charge < -0.3 is 20.1 Å². The van der Waals surface area contributed by atoms with Gasteiger partial charge in [-0.3, -0.25) is 14.5 Å². The van der Waals surface area contributed by atoms with Gasteiger partial charge in [-0.05, 0) is 60.4 Å². The Kier molecular flexibility index (Phi) is 8.31. The van der Waals surface area contributed by atoms with Crippen molar-refractivity contribution in [3.63, 3.8) is 0 Å². The zero-order chi connectivity index (χ0) is 27.2. The second-order valence-corrected chi connectivity index (χ2v) is 9.81. The number of aryl methyl sites for hydroxylation is 1. The molecule has 3 amide bonds. The van der Waals surface area contributed by atoms with Crippen LogP contribution >= 0.6 is 0 Å². The predicted molar refractivity (Wildman–Crippen MR) is 145 cm³/mol. The van der Waals surface area contributed by atoms with Gasteiger partial charge in [0.25, 0.3) is 5.91 Å². The van der Waals surface area contributed by atoms with Gasteiger partial charge in [0, 0.05) is 17.8 Å². The second kappa shape index (κ2) is 11.8. The molecular weight excluding hydrogens is 482 g/mol. The molecule has 8 heteroatoms. The molecule has 0 aromatic heterocycles. The minimum atomic E-state index is -0.866. The number of methoxy groups -OCH3 is 1. The number of anilines is 1. The minimum Gasteiger partial charge on any atom is -0.497 e. The van der Waals surface area contributed by atoms with Crippen LogP contribution in [0.2, 0.25) is 0 Å². The quantitative estimate of drug-likeness (QED) is 0.414. The molecule has 0 unspecified atom stereocenters. The van der Waals surface area contributed by atoms with Gasteiger partial charge in [0.05, 0.1) is 13.7 Å². The maximum atomic E-state index is 13.4. The van der Waals surface area contributed by atoms with Gasteiger partial charge in [0.15, 0.2) is 12.1 Å². The van der Waals surface area contributed by atoms with Gasteiger partial charge in [-0.25, -0.2) is 4.79 Å². The first-order chi connectivity index (χ1) is 18.2. The molecule has 2 N–H and O–H groups in total. The zero-order valence-electron chi connectivity index (χ0n) is 22.1. The highest BCUT2D eigenvalue weighted by atomic mass is 16.6. The van der Waals surface area contributed by atoms with Crippen LogP contribution in [0.3, 0.4) is 0 Å². The molecule has 2 atom stereocenters. The number of nitrogens with one attached hydrogen (secondary N) is 2. The topological polar surface area (TPSA) is 97.0 Å². The standard InChI is InChI=1S/C30H33N3O5/c1-19(2)17-31-29(35)26-27(38-30(36)33(26)18-21-10-8-20(3)9-11-21)23-6-5-7-24(16-23)32-28(34)22-12-14-25(37-4)15-13-22/h5-16,19,26-27H,17-18H2,1-4H3,(H,31,35)(H,32,34)/t26-,27+/m1/s1. The Labute approximate surface area is 222 Å². The van der Waals surface area contributed by atoms with Gasteiger partial charge in [-0.15, -0.1) is 0 Å². The lowest BCUT2D eigenvalue weighted by atomic mass is 9.99. The molecule has 3 aromatic carbocycles. The van der Waals surface area contributed by atoms with E-state index in [1.165, 1.54) is 4.90 Å². The van der Waals surface area contributed by atoms with Crippen molar-refractivity contribution in [2.24, 2.45) is 5.92 Å². The van der Waals surface area contributed by atoms with E-state index in [0.29, 0.717) is 29.1 Å². The highest BCUT2D eigenvalue weighted by molar-refractivity contribution is 6.04. The first-order valence-corrected chi connectivity index (χ1v) is 12.6. The van der Waals surface area contributed by atoms with E-state index in [9.17, 15) is 14.4 Å². The molecule has 198 valence electrons. The van der Waals surface area contributed by atoms with E-state index in [0.717, 1.165) is 11.1 Å². The van der Waals surface area contributed by atoms with Crippen LogP contribution in [0.5, 0.6) is 5.75 Å². The monoisotopic (exact) mass is 515 g/mol. The number of amides is 3. The van der Waals surface area contributed by atoms with Crippen molar-refractivity contribution in [1.29, 1.82) is 0 Å². The Balaban J connectivity index is 1.58. The van der Waals surface area contributed by atoms with Crippen molar-refractivity contribution in [2.75, 3.05) is 19.0 Å². The normalized spacial score (nSPS) is 16.8. The summed E-state index contributed by atoms with van der Waals surface area (Å²) >= 11 is 0. The lowest BCUT2D eigenvalue weighted by molar-refractivity contribution is -0.126. The molecule has 38 heavy (non-hydrogen) atoms. The minimum absolute atomic E-state index is 0.239. The molecule has 1 fully saturated rings.